The monoisotopic (exact) mass is 278 g/mol. The van der Waals surface area contributed by atoms with Gasteiger partial charge in [-0.05, 0) is 44.4 Å². The van der Waals surface area contributed by atoms with Crippen LogP contribution in [-0.4, -0.2) is 36.0 Å². The fraction of sp³-hybridized carbons (Fsp3) is 0.941. The number of rotatable bonds is 1. The third kappa shape index (κ3) is 2.74. The van der Waals surface area contributed by atoms with Gasteiger partial charge >= 0.3 is 0 Å². The summed E-state index contributed by atoms with van der Waals surface area (Å²) in [5, 5.41) is 3.55. The molecule has 2 aliphatic carbocycles. The van der Waals surface area contributed by atoms with Crippen molar-refractivity contribution < 1.29 is 4.79 Å². The highest BCUT2D eigenvalue weighted by Gasteiger charge is 2.44. The summed E-state index contributed by atoms with van der Waals surface area (Å²) in [7, 11) is 0. The van der Waals surface area contributed by atoms with Crippen molar-refractivity contribution in [3.05, 3.63) is 0 Å². The third-order valence-electron chi connectivity index (χ3n) is 5.95. The Labute approximate surface area is 123 Å². The van der Waals surface area contributed by atoms with Crippen molar-refractivity contribution in [2.24, 2.45) is 11.8 Å². The largest absolute Gasteiger partial charge is 0.334 e. The van der Waals surface area contributed by atoms with E-state index >= 15 is 0 Å². The van der Waals surface area contributed by atoms with Crippen molar-refractivity contribution in [3.63, 3.8) is 0 Å². The first-order valence-corrected chi connectivity index (χ1v) is 8.73. The molecule has 3 fully saturated rings. The highest BCUT2D eigenvalue weighted by atomic mass is 16.2. The van der Waals surface area contributed by atoms with Crippen molar-refractivity contribution in [2.75, 3.05) is 19.6 Å². The molecule has 1 aliphatic heterocycles. The Morgan fingerprint density at radius 3 is 2.50 bits per heavy atom. The number of nitrogens with zero attached hydrogens (tertiary/aromatic N) is 1. The van der Waals surface area contributed by atoms with Gasteiger partial charge in [0.15, 0.2) is 0 Å². The predicted molar refractivity (Wildman–Crippen MR) is 81.5 cm³/mol. The molecule has 1 N–H and O–H groups in total. The molecule has 1 amide bonds. The number of amides is 1. The molecule has 114 valence electrons. The second kappa shape index (κ2) is 6.05. The molecule has 0 unspecified atom stereocenters. The fourth-order valence-electron chi connectivity index (χ4n) is 4.57. The number of nitrogens with one attached hydrogen (secondary N) is 1. The quantitative estimate of drug-likeness (QED) is 0.800. The van der Waals surface area contributed by atoms with E-state index in [1.54, 1.807) is 0 Å². The van der Waals surface area contributed by atoms with E-state index < -0.39 is 0 Å². The van der Waals surface area contributed by atoms with E-state index in [2.05, 4.69) is 17.1 Å². The lowest BCUT2D eigenvalue weighted by molar-refractivity contribution is -0.146. The van der Waals surface area contributed by atoms with Gasteiger partial charge in [-0.25, -0.2) is 0 Å². The molecule has 2 saturated carbocycles. The van der Waals surface area contributed by atoms with Crippen molar-refractivity contribution in [2.45, 2.75) is 70.3 Å². The van der Waals surface area contributed by atoms with Crippen molar-refractivity contribution >= 4 is 5.91 Å². The maximum absolute atomic E-state index is 13.0. The van der Waals surface area contributed by atoms with Crippen LogP contribution >= 0.6 is 0 Å². The molecule has 0 aromatic rings. The van der Waals surface area contributed by atoms with Crippen LogP contribution in [0.5, 0.6) is 0 Å². The van der Waals surface area contributed by atoms with Gasteiger partial charge in [0.25, 0.3) is 0 Å². The topological polar surface area (TPSA) is 32.3 Å². The van der Waals surface area contributed by atoms with Crippen LogP contribution in [0.15, 0.2) is 0 Å². The van der Waals surface area contributed by atoms with Gasteiger partial charge < -0.3 is 10.2 Å². The SMILES string of the molecule is CC1CCC(C(=O)N2CCNCC23CCCCC3)CC1. The molecule has 0 aromatic carbocycles. The van der Waals surface area contributed by atoms with Crippen LogP contribution in [0, 0.1) is 11.8 Å². The standard InChI is InChI=1S/C17H30N2O/c1-14-5-7-15(8-6-14)16(20)19-12-11-18-13-17(19)9-3-2-4-10-17/h14-15,18H,2-13H2,1H3. The first-order chi connectivity index (χ1) is 9.71. The van der Waals surface area contributed by atoms with Gasteiger partial charge in [0, 0.05) is 25.6 Å². The van der Waals surface area contributed by atoms with Crippen molar-refractivity contribution in [1.82, 2.24) is 10.2 Å². The maximum atomic E-state index is 13.0. The number of hydrogen-bond donors (Lipinski definition) is 1. The Morgan fingerprint density at radius 2 is 1.80 bits per heavy atom. The molecule has 1 spiro atoms. The average molecular weight is 278 g/mol. The van der Waals surface area contributed by atoms with E-state index in [0.29, 0.717) is 11.8 Å². The molecule has 0 radical (unpaired) electrons. The summed E-state index contributed by atoms with van der Waals surface area (Å²) in [5.74, 6) is 1.63. The smallest absolute Gasteiger partial charge is 0.226 e. The van der Waals surface area contributed by atoms with Gasteiger partial charge in [-0.15, -0.1) is 0 Å². The molecule has 0 bridgehead atoms. The zero-order valence-corrected chi connectivity index (χ0v) is 13.0. The number of carbonyl (C=O) groups excluding carboxylic acids is 1. The minimum absolute atomic E-state index is 0.163. The Balaban J connectivity index is 1.70. The molecule has 20 heavy (non-hydrogen) atoms. The van der Waals surface area contributed by atoms with Crippen LogP contribution in [0.25, 0.3) is 0 Å². The Bertz CT molecular complexity index is 333. The second-order valence-electron chi connectivity index (χ2n) is 7.41. The van der Waals surface area contributed by atoms with Crippen LogP contribution in [0.3, 0.4) is 0 Å². The normalized spacial score (nSPS) is 34.1. The summed E-state index contributed by atoms with van der Waals surface area (Å²) in [6.45, 7) is 5.28. The number of hydrogen-bond acceptors (Lipinski definition) is 2. The minimum atomic E-state index is 0.163. The van der Waals surface area contributed by atoms with Gasteiger partial charge in [0.1, 0.15) is 0 Å². The molecule has 3 heteroatoms. The number of piperazine rings is 1. The fourth-order valence-corrected chi connectivity index (χ4v) is 4.57. The molecular formula is C17H30N2O. The Morgan fingerprint density at radius 1 is 1.10 bits per heavy atom. The van der Waals surface area contributed by atoms with E-state index in [0.717, 1.165) is 38.4 Å². The van der Waals surface area contributed by atoms with Crippen molar-refractivity contribution in [1.29, 1.82) is 0 Å². The van der Waals surface area contributed by atoms with Crippen LogP contribution in [0.1, 0.15) is 64.7 Å². The lowest BCUT2D eigenvalue weighted by Gasteiger charge is -2.51. The maximum Gasteiger partial charge on any atom is 0.226 e. The lowest BCUT2D eigenvalue weighted by atomic mass is 9.76. The Hall–Kier alpha value is -0.570. The molecular weight excluding hydrogens is 248 g/mol. The first-order valence-electron chi connectivity index (χ1n) is 8.73. The van der Waals surface area contributed by atoms with Crippen LogP contribution in [0.2, 0.25) is 0 Å². The molecule has 3 rings (SSSR count). The average Bonchev–Trinajstić information content (AvgIpc) is 2.49. The molecule has 3 nitrogen and oxygen atoms in total. The van der Waals surface area contributed by atoms with E-state index in [-0.39, 0.29) is 5.54 Å². The van der Waals surface area contributed by atoms with Gasteiger partial charge in [-0.2, -0.15) is 0 Å². The zero-order valence-electron chi connectivity index (χ0n) is 13.0. The van der Waals surface area contributed by atoms with Crippen LogP contribution < -0.4 is 5.32 Å². The lowest BCUT2D eigenvalue weighted by Crippen LogP contribution is -2.64. The van der Waals surface area contributed by atoms with Gasteiger partial charge in [-0.1, -0.05) is 26.2 Å². The van der Waals surface area contributed by atoms with E-state index in [4.69, 9.17) is 0 Å². The summed E-state index contributed by atoms with van der Waals surface area (Å²) < 4.78 is 0. The minimum Gasteiger partial charge on any atom is -0.334 e. The van der Waals surface area contributed by atoms with E-state index in [9.17, 15) is 4.79 Å². The van der Waals surface area contributed by atoms with Crippen LogP contribution in [0.4, 0.5) is 0 Å². The molecule has 0 aromatic heterocycles. The zero-order chi connectivity index (χ0) is 14.0. The molecule has 0 atom stereocenters. The summed E-state index contributed by atoms with van der Waals surface area (Å²) in [4.78, 5) is 15.3. The van der Waals surface area contributed by atoms with E-state index in [1.807, 2.05) is 0 Å². The van der Waals surface area contributed by atoms with Gasteiger partial charge in [0.2, 0.25) is 5.91 Å². The van der Waals surface area contributed by atoms with E-state index in [1.165, 1.54) is 44.9 Å². The predicted octanol–water partition coefficient (Wildman–Crippen LogP) is 2.95. The highest BCUT2D eigenvalue weighted by Crippen LogP contribution is 2.37. The van der Waals surface area contributed by atoms with Crippen molar-refractivity contribution in [3.8, 4) is 0 Å². The molecule has 1 heterocycles. The summed E-state index contributed by atoms with van der Waals surface area (Å²) in [5.41, 5.74) is 0.163. The third-order valence-corrected chi connectivity index (χ3v) is 5.95. The summed E-state index contributed by atoms with van der Waals surface area (Å²) in [6, 6.07) is 0. The summed E-state index contributed by atoms with van der Waals surface area (Å²) >= 11 is 0. The molecule has 3 aliphatic rings. The van der Waals surface area contributed by atoms with Crippen LogP contribution in [-0.2, 0) is 4.79 Å². The van der Waals surface area contributed by atoms with Gasteiger partial charge in [-0.3, -0.25) is 4.79 Å². The second-order valence-corrected chi connectivity index (χ2v) is 7.41. The summed E-state index contributed by atoms with van der Waals surface area (Å²) in [6.07, 6.45) is 11.1. The number of carbonyl (C=O) groups is 1. The highest BCUT2D eigenvalue weighted by molar-refractivity contribution is 5.80. The molecule has 1 saturated heterocycles. The van der Waals surface area contributed by atoms with Gasteiger partial charge in [0.05, 0.1) is 5.54 Å². The Kier molecular flexibility index (Phi) is 4.34. The first kappa shape index (κ1) is 14.4.